The molecule has 0 heterocycles. The fraction of sp³-hybridized carbons (Fsp3) is 0.556. The van der Waals surface area contributed by atoms with Crippen molar-refractivity contribution in [3.8, 4) is 0 Å². The van der Waals surface area contributed by atoms with Crippen LogP contribution in [0.25, 0.3) is 0 Å². The monoisotopic (exact) mass is 334 g/mol. The molecule has 0 saturated carbocycles. The zero-order chi connectivity index (χ0) is 17.6. The molecular formula is C18H30N4O2. The van der Waals surface area contributed by atoms with Gasteiger partial charge in [0.05, 0.1) is 0 Å². The van der Waals surface area contributed by atoms with E-state index in [0.717, 1.165) is 57.1 Å². The van der Waals surface area contributed by atoms with Crippen LogP contribution in [-0.2, 0) is 11.2 Å². The summed E-state index contributed by atoms with van der Waals surface area (Å²) >= 11 is 0. The molecule has 134 valence electrons. The average molecular weight is 334 g/mol. The van der Waals surface area contributed by atoms with Crippen LogP contribution in [0.2, 0.25) is 0 Å². The van der Waals surface area contributed by atoms with E-state index in [-0.39, 0.29) is 5.91 Å². The number of unbranched alkanes of at least 4 members (excludes halogenated alkanes) is 1. The van der Waals surface area contributed by atoms with Gasteiger partial charge in [-0.2, -0.15) is 0 Å². The number of ether oxygens (including phenoxy) is 1. The van der Waals surface area contributed by atoms with Gasteiger partial charge < -0.3 is 20.7 Å². The number of hydrogen-bond acceptors (Lipinski definition) is 3. The maximum absolute atomic E-state index is 11.6. The molecular weight excluding hydrogens is 304 g/mol. The van der Waals surface area contributed by atoms with Gasteiger partial charge in [0.15, 0.2) is 5.96 Å². The lowest BCUT2D eigenvalue weighted by Crippen LogP contribution is -2.38. The molecule has 0 saturated heterocycles. The van der Waals surface area contributed by atoms with Gasteiger partial charge in [0.2, 0.25) is 0 Å². The molecule has 0 spiro atoms. The highest BCUT2D eigenvalue weighted by molar-refractivity contribution is 5.94. The third-order valence-electron chi connectivity index (χ3n) is 3.56. The maximum atomic E-state index is 11.6. The van der Waals surface area contributed by atoms with Crippen LogP contribution in [0.5, 0.6) is 0 Å². The Bertz CT molecular complexity index is 517. The number of hydrogen-bond donors (Lipinski definition) is 3. The van der Waals surface area contributed by atoms with Crippen LogP contribution in [0.4, 0.5) is 0 Å². The van der Waals surface area contributed by atoms with Crippen LogP contribution in [0, 0.1) is 0 Å². The molecule has 6 heteroatoms. The van der Waals surface area contributed by atoms with E-state index in [1.165, 1.54) is 0 Å². The predicted molar refractivity (Wildman–Crippen MR) is 98.6 cm³/mol. The number of rotatable bonds is 10. The molecule has 6 nitrogen and oxygen atoms in total. The number of benzene rings is 1. The van der Waals surface area contributed by atoms with Crippen LogP contribution in [0.15, 0.2) is 29.3 Å². The molecule has 1 rings (SSSR count). The van der Waals surface area contributed by atoms with Crippen molar-refractivity contribution < 1.29 is 9.53 Å². The lowest BCUT2D eigenvalue weighted by molar-refractivity contribution is 0.0963. The van der Waals surface area contributed by atoms with Crippen molar-refractivity contribution in [2.24, 2.45) is 4.99 Å². The summed E-state index contributed by atoms with van der Waals surface area (Å²) in [6.45, 7) is 5.23. The van der Waals surface area contributed by atoms with Gasteiger partial charge in [0.1, 0.15) is 0 Å². The summed E-state index contributed by atoms with van der Waals surface area (Å²) in [7, 11) is 3.41. The Kier molecular flexibility index (Phi) is 10.3. The Labute approximate surface area is 145 Å². The Balaban J connectivity index is 2.28. The van der Waals surface area contributed by atoms with E-state index in [4.69, 9.17) is 4.74 Å². The summed E-state index contributed by atoms with van der Waals surface area (Å²) in [4.78, 5) is 15.9. The minimum absolute atomic E-state index is 0.0608. The van der Waals surface area contributed by atoms with Gasteiger partial charge in [-0.15, -0.1) is 0 Å². The molecule has 0 aliphatic carbocycles. The van der Waals surface area contributed by atoms with Gasteiger partial charge in [-0.1, -0.05) is 12.1 Å². The largest absolute Gasteiger partial charge is 0.382 e. The molecule has 0 aliphatic rings. The van der Waals surface area contributed by atoms with Crippen LogP contribution in [0.1, 0.15) is 35.7 Å². The molecule has 0 unspecified atom stereocenters. The number of carbonyl (C=O) groups excluding carboxylic acids is 1. The number of amides is 1. The van der Waals surface area contributed by atoms with E-state index in [1.807, 2.05) is 31.2 Å². The maximum Gasteiger partial charge on any atom is 0.251 e. The molecule has 1 aromatic carbocycles. The van der Waals surface area contributed by atoms with E-state index in [2.05, 4.69) is 20.9 Å². The standard InChI is InChI=1S/C18H30N4O2/c1-4-24-13-6-5-11-21-18(20-3)22-12-10-15-8-7-9-16(14-15)17(23)19-2/h7-9,14H,4-6,10-13H2,1-3H3,(H,19,23)(H2,20,21,22). The molecule has 1 amide bonds. The second-order valence-corrected chi connectivity index (χ2v) is 5.36. The fourth-order valence-electron chi connectivity index (χ4n) is 2.24. The molecule has 0 radical (unpaired) electrons. The lowest BCUT2D eigenvalue weighted by atomic mass is 10.1. The van der Waals surface area contributed by atoms with Gasteiger partial charge in [-0.3, -0.25) is 9.79 Å². The Morgan fingerprint density at radius 3 is 2.71 bits per heavy atom. The second kappa shape index (κ2) is 12.4. The van der Waals surface area contributed by atoms with Gasteiger partial charge in [0, 0.05) is 46.0 Å². The zero-order valence-electron chi connectivity index (χ0n) is 15.0. The van der Waals surface area contributed by atoms with Crippen molar-refractivity contribution in [2.75, 3.05) is 40.4 Å². The molecule has 0 bridgehead atoms. The quantitative estimate of drug-likeness (QED) is 0.345. The smallest absolute Gasteiger partial charge is 0.251 e. The molecule has 1 aromatic rings. The molecule has 3 N–H and O–H groups in total. The lowest BCUT2D eigenvalue weighted by Gasteiger charge is -2.12. The number of aliphatic imine (C=N–C) groups is 1. The average Bonchev–Trinajstić information content (AvgIpc) is 2.62. The number of guanidine groups is 1. The predicted octanol–water partition coefficient (Wildman–Crippen LogP) is 1.57. The first kappa shape index (κ1) is 20.0. The topological polar surface area (TPSA) is 74.8 Å². The van der Waals surface area contributed by atoms with Gasteiger partial charge >= 0.3 is 0 Å². The van der Waals surface area contributed by atoms with E-state index in [9.17, 15) is 4.79 Å². The van der Waals surface area contributed by atoms with Gasteiger partial charge in [-0.05, 0) is 43.9 Å². The van der Waals surface area contributed by atoms with Crippen molar-refractivity contribution in [2.45, 2.75) is 26.2 Å². The van der Waals surface area contributed by atoms with E-state index in [1.54, 1.807) is 14.1 Å². The SMILES string of the molecule is CCOCCCCNC(=NC)NCCc1cccc(C(=O)NC)c1. The molecule has 0 atom stereocenters. The van der Waals surface area contributed by atoms with Gasteiger partial charge in [0.25, 0.3) is 5.91 Å². The highest BCUT2D eigenvalue weighted by atomic mass is 16.5. The highest BCUT2D eigenvalue weighted by Crippen LogP contribution is 2.05. The van der Waals surface area contributed by atoms with Crippen molar-refractivity contribution in [3.05, 3.63) is 35.4 Å². The van der Waals surface area contributed by atoms with E-state index >= 15 is 0 Å². The van der Waals surface area contributed by atoms with E-state index < -0.39 is 0 Å². The first-order valence-corrected chi connectivity index (χ1v) is 8.54. The van der Waals surface area contributed by atoms with Crippen molar-refractivity contribution >= 4 is 11.9 Å². The van der Waals surface area contributed by atoms with Gasteiger partial charge in [-0.25, -0.2) is 0 Å². The fourth-order valence-corrected chi connectivity index (χ4v) is 2.24. The minimum atomic E-state index is -0.0608. The van der Waals surface area contributed by atoms with Crippen LogP contribution in [-0.4, -0.2) is 52.3 Å². The van der Waals surface area contributed by atoms with Crippen molar-refractivity contribution in [1.29, 1.82) is 0 Å². The summed E-state index contributed by atoms with van der Waals surface area (Å²) in [5.41, 5.74) is 1.81. The second-order valence-electron chi connectivity index (χ2n) is 5.36. The van der Waals surface area contributed by atoms with Crippen molar-refractivity contribution in [1.82, 2.24) is 16.0 Å². The Morgan fingerprint density at radius 2 is 2.00 bits per heavy atom. The number of nitrogens with one attached hydrogen (secondary N) is 3. The molecule has 0 fully saturated rings. The molecule has 24 heavy (non-hydrogen) atoms. The summed E-state index contributed by atoms with van der Waals surface area (Å²) < 4.78 is 5.31. The molecule has 0 aromatic heterocycles. The minimum Gasteiger partial charge on any atom is -0.382 e. The third kappa shape index (κ3) is 7.97. The highest BCUT2D eigenvalue weighted by Gasteiger charge is 2.04. The third-order valence-corrected chi connectivity index (χ3v) is 3.56. The van der Waals surface area contributed by atoms with Crippen molar-refractivity contribution in [3.63, 3.8) is 0 Å². The number of nitrogens with zero attached hydrogens (tertiary/aromatic N) is 1. The summed E-state index contributed by atoms with van der Waals surface area (Å²) in [6.07, 6.45) is 2.93. The van der Waals surface area contributed by atoms with Crippen LogP contribution in [0.3, 0.4) is 0 Å². The normalized spacial score (nSPS) is 11.2. The Morgan fingerprint density at radius 1 is 1.21 bits per heavy atom. The zero-order valence-corrected chi connectivity index (χ0v) is 15.0. The van der Waals surface area contributed by atoms with Crippen LogP contribution < -0.4 is 16.0 Å². The summed E-state index contributed by atoms with van der Waals surface area (Å²) in [6, 6.07) is 7.67. The summed E-state index contributed by atoms with van der Waals surface area (Å²) in [5, 5.41) is 9.22. The first-order valence-electron chi connectivity index (χ1n) is 8.54. The van der Waals surface area contributed by atoms with E-state index in [0.29, 0.717) is 5.56 Å². The number of carbonyl (C=O) groups is 1. The Hall–Kier alpha value is -2.08. The molecule has 0 aliphatic heterocycles. The summed E-state index contributed by atoms with van der Waals surface area (Å²) in [5.74, 6) is 0.739. The first-order chi connectivity index (χ1) is 11.7. The van der Waals surface area contributed by atoms with Crippen LogP contribution >= 0.6 is 0 Å².